The lowest BCUT2D eigenvalue weighted by Crippen LogP contribution is -2.48. The van der Waals surface area contributed by atoms with Crippen molar-refractivity contribution in [1.82, 2.24) is 24.6 Å². The first-order valence-corrected chi connectivity index (χ1v) is 11.9. The molecule has 4 aromatic rings. The lowest BCUT2D eigenvalue weighted by atomic mass is 10.1. The molecule has 1 saturated heterocycles. The standard InChI is InChI=1S/C25H24N6O2S/c26-22(32)19-10-8-18(9-11-19)17-29-12-14-30(15-13-29)25(33)23-27-24(21-7-4-16-34-21)31(28-23)20-5-2-1-3-6-20/h1-11,16H,12-15,17H2,(H2,26,32). The minimum atomic E-state index is -0.427. The first-order chi connectivity index (χ1) is 16.6. The van der Waals surface area contributed by atoms with Crippen LogP contribution < -0.4 is 5.73 Å². The van der Waals surface area contributed by atoms with Gasteiger partial charge in [-0.2, -0.15) is 0 Å². The van der Waals surface area contributed by atoms with E-state index in [1.165, 1.54) is 0 Å². The summed E-state index contributed by atoms with van der Waals surface area (Å²) in [6.45, 7) is 3.46. The van der Waals surface area contributed by atoms with Gasteiger partial charge in [0.05, 0.1) is 10.6 Å². The molecule has 2 amide bonds. The molecule has 1 aliphatic heterocycles. The number of nitrogens with two attached hydrogens (primary N) is 1. The van der Waals surface area contributed by atoms with Gasteiger partial charge in [-0.25, -0.2) is 9.67 Å². The van der Waals surface area contributed by atoms with Gasteiger partial charge in [-0.05, 0) is 41.3 Å². The fraction of sp³-hybridized carbons (Fsp3) is 0.200. The predicted molar refractivity (Wildman–Crippen MR) is 131 cm³/mol. The number of amides is 2. The van der Waals surface area contributed by atoms with Crippen LogP contribution in [0, 0.1) is 0 Å². The van der Waals surface area contributed by atoms with Crippen molar-refractivity contribution in [1.29, 1.82) is 0 Å². The highest BCUT2D eigenvalue weighted by Crippen LogP contribution is 2.26. The van der Waals surface area contributed by atoms with Crippen LogP contribution in [0.3, 0.4) is 0 Å². The Kier molecular flexibility index (Phi) is 6.20. The maximum Gasteiger partial charge on any atom is 0.293 e. The molecule has 8 nitrogen and oxygen atoms in total. The smallest absolute Gasteiger partial charge is 0.293 e. The first kappa shape index (κ1) is 22.0. The molecule has 0 saturated carbocycles. The molecule has 0 bridgehead atoms. The van der Waals surface area contributed by atoms with E-state index in [9.17, 15) is 9.59 Å². The highest BCUT2D eigenvalue weighted by molar-refractivity contribution is 7.13. The second-order valence-corrected chi connectivity index (χ2v) is 9.06. The zero-order valence-electron chi connectivity index (χ0n) is 18.5. The number of thiophene rings is 1. The number of para-hydroxylation sites is 1. The summed E-state index contributed by atoms with van der Waals surface area (Å²) in [6.07, 6.45) is 0. The lowest BCUT2D eigenvalue weighted by molar-refractivity contribution is 0.0616. The Morgan fingerprint density at radius 1 is 0.912 bits per heavy atom. The van der Waals surface area contributed by atoms with Crippen molar-refractivity contribution in [3.05, 3.63) is 89.1 Å². The van der Waals surface area contributed by atoms with Crippen molar-refractivity contribution in [2.24, 2.45) is 5.73 Å². The van der Waals surface area contributed by atoms with Crippen LogP contribution in [-0.2, 0) is 6.54 Å². The molecule has 5 rings (SSSR count). The Balaban J connectivity index is 1.28. The average Bonchev–Trinajstić information content (AvgIpc) is 3.55. The van der Waals surface area contributed by atoms with E-state index in [1.54, 1.807) is 28.2 Å². The summed E-state index contributed by atoms with van der Waals surface area (Å²) in [6, 6.07) is 21.0. The van der Waals surface area contributed by atoms with Crippen molar-refractivity contribution in [3.63, 3.8) is 0 Å². The number of carbonyl (C=O) groups is 2. The summed E-state index contributed by atoms with van der Waals surface area (Å²) in [5.41, 5.74) is 7.79. The van der Waals surface area contributed by atoms with Crippen LogP contribution in [-0.4, -0.2) is 62.6 Å². The zero-order valence-corrected chi connectivity index (χ0v) is 19.3. The number of primary amides is 1. The molecule has 0 radical (unpaired) electrons. The second-order valence-electron chi connectivity index (χ2n) is 8.11. The molecule has 0 atom stereocenters. The van der Waals surface area contributed by atoms with Gasteiger partial charge in [0.15, 0.2) is 5.82 Å². The quantitative estimate of drug-likeness (QED) is 0.465. The number of piperazine rings is 1. The average molecular weight is 473 g/mol. The van der Waals surface area contributed by atoms with Crippen molar-refractivity contribution in [2.45, 2.75) is 6.54 Å². The zero-order chi connectivity index (χ0) is 23.5. The van der Waals surface area contributed by atoms with Gasteiger partial charge in [-0.3, -0.25) is 14.5 Å². The van der Waals surface area contributed by atoms with Gasteiger partial charge in [0.2, 0.25) is 11.7 Å². The Morgan fingerprint density at radius 2 is 1.65 bits per heavy atom. The SMILES string of the molecule is NC(=O)c1ccc(CN2CCN(C(=O)c3nc(-c4cccs4)n(-c4ccccc4)n3)CC2)cc1. The third-order valence-corrected chi connectivity index (χ3v) is 6.71. The number of hydrogen-bond donors (Lipinski definition) is 1. The minimum absolute atomic E-state index is 0.155. The van der Waals surface area contributed by atoms with Gasteiger partial charge in [-0.1, -0.05) is 36.4 Å². The Hall–Kier alpha value is -3.82. The predicted octanol–water partition coefficient (Wildman–Crippen LogP) is 3.05. The van der Waals surface area contributed by atoms with E-state index in [4.69, 9.17) is 5.73 Å². The number of aromatic nitrogens is 3. The summed E-state index contributed by atoms with van der Waals surface area (Å²) in [5.74, 6) is 0.299. The van der Waals surface area contributed by atoms with E-state index in [1.807, 2.05) is 64.9 Å². The van der Waals surface area contributed by atoms with E-state index in [0.29, 0.717) is 24.5 Å². The lowest BCUT2D eigenvalue weighted by Gasteiger charge is -2.34. The van der Waals surface area contributed by atoms with Crippen LogP contribution in [0.2, 0.25) is 0 Å². The van der Waals surface area contributed by atoms with Crippen LogP contribution in [0.1, 0.15) is 26.5 Å². The van der Waals surface area contributed by atoms with Gasteiger partial charge in [0.1, 0.15) is 0 Å². The fourth-order valence-corrected chi connectivity index (χ4v) is 4.70. The van der Waals surface area contributed by atoms with Crippen LogP contribution in [0.25, 0.3) is 16.4 Å². The van der Waals surface area contributed by atoms with E-state index < -0.39 is 5.91 Å². The number of nitrogens with zero attached hydrogens (tertiary/aromatic N) is 5. The van der Waals surface area contributed by atoms with Gasteiger partial charge >= 0.3 is 0 Å². The summed E-state index contributed by atoms with van der Waals surface area (Å²) < 4.78 is 1.74. The molecule has 9 heteroatoms. The van der Waals surface area contributed by atoms with Crippen LogP contribution >= 0.6 is 11.3 Å². The van der Waals surface area contributed by atoms with E-state index >= 15 is 0 Å². The van der Waals surface area contributed by atoms with Crippen molar-refractivity contribution in [3.8, 4) is 16.4 Å². The summed E-state index contributed by atoms with van der Waals surface area (Å²) >= 11 is 1.57. The summed E-state index contributed by atoms with van der Waals surface area (Å²) in [5, 5.41) is 6.58. The van der Waals surface area contributed by atoms with Gasteiger partial charge in [-0.15, -0.1) is 16.4 Å². The summed E-state index contributed by atoms with van der Waals surface area (Å²) in [7, 11) is 0. The van der Waals surface area contributed by atoms with Crippen LogP contribution in [0.4, 0.5) is 0 Å². The van der Waals surface area contributed by atoms with Crippen LogP contribution in [0.15, 0.2) is 72.1 Å². The number of carbonyl (C=O) groups excluding carboxylic acids is 2. The number of benzene rings is 2. The molecule has 172 valence electrons. The van der Waals surface area contributed by atoms with E-state index in [0.717, 1.165) is 35.8 Å². The molecule has 1 aliphatic rings. The van der Waals surface area contributed by atoms with Crippen molar-refractivity contribution >= 4 is 23.2 Å². The maximum absolute atomic E-state index is 13.3. The molecule has 1 fully saturated rings. The van der Waals surface area contributed by atoms with Gasteiger partial charge in [0, 0.05) is 38.3 Å². The molecule has 0 unspecified atom stereocenters. The Bertz CT molecular complexity index is 1280. The molecule has 3 heterocycles. The van der Waals surface area contributed by atoms with Crippen molar-refractivity contribution < 1.29 is 9.59 Å². The Morgan fingerprint density at radius 3 is 2.29 bits per heavy atom. The first-order valence-electron chi connectivity index (χ1n) is 11.1. The van der Waals surface area contributed by atoms with Crippen LogP contribution in [0.5, 0.6) is 0 Å². The highest BCUT2D eigenvalue weighted by Gasteiger charge is 2.27. The minimum Gasteiger partial charge on any atom is -0.366 e. The highest BCUT2D eigenvalue weighted by atomic mass is 32.1. The third kappa shape index (κ3) is 4.61. The van der Waals surface area contributed by atoms with Gasteiger partial charge < -0.3 is 10.6 Å². The van der Waals surface area contributed by atoms with E-state index in [-0.39, 0.29) is 11.7 Å². The topological polar surface area (TPSA) is 97.4 Å². The fourth-order valence-electron chi connectivity index (χ4n) is 4.00. The Labute approximate surface area is 201 Å². The number of hydrogen-bond acceptors (Lipinski definition) is 6. The number of rotatable bonds is 6. The molecule has 2 N–H and O–H groups in total. The monoisotopic (exact) mass is 472 g/mol. The van der Waals surface area contributed by atoms with Gasteiger partial charge in [0.25, 0.3) is 5.91 Å². The molecular formula is C25H24N6O2S. The molecular weight excluding hydrogens is 448 g/mol. The molecule has 0 aliphatic carbocycles. The maximum atomic E-state index is 13.3. The molecule has 0 spiro atoms. The molecule has 2 aromatic carbocycles. The third-order valence-electron chi connectivity index (χ3n) is 5.84. The molecule has 34 heavy (non-hydrogen) atoms. The normalized spacial score (nSPS) is 14.3. The summed E-state index contributed by atoms with van der Waals surface area (Å²) in [4.78, 5) is 34.2. The molecule has 2 aromatic heterocycles. The largest absolute Gasteiger partial charge is 0.366 e. The van der Waals surface area contributed by atoms with E-state index in [2.05, 4.69) is 15.0 Å². The second kappa shape index (κ2) is 9.58. The van der Waals surface area contributed by atoms with Crippen molar-refractivity contribution in [2.75, 3.05) is 26.2 Å².